The highest BCUT2D eigenvalue weighted by atomic mass is 35.5. The van der Waals surface area contributed by atoms with Gasteiger partial charge in [-0.3, -0.25) is 4.79 Å². The summed E-state index contributed by atoms with van der Waals surface area (Å²) in [5.41, 5.74) is 1.62. The van der Waals surface area contributed by atoms with Crippen molar-refractivity contribution in [3.05, 3.63) is 28.3 Å². The van der Waals surface area contributed by atoms with Gasteiger partial charge in [-0.2, -0.15) is 0 Å². The molecule has 0 fully saturated rings. The molecule has 5 heteroatoms. The average Bonchev–Trinajstić information content (AvgIpc) is 2.39. The number of carbonyl (C=O) groups excluding carboxylic acids is 2. The monoisotopic (exact) mass is 281 g/mol. The van der Waals surface area contributed by atoms with Gasteiger partial charge < -0.3 is 9.64 Å². The molecular formula is C14H16ClNO3. The molecule has 0 aliphatic carbocycles. The molecular weight excluding hydrogens is 266 g/mol. The molecule has 1 aliphatic heterocycles. The van der Waals surface area contributed by atoms with Gasteiger partial charge in [0.25, 0.3) is 0 Å². The standard InChI is InChI=1S/C14H16ClNO3/c1-3-16-6-5-13(17)10-7-9(14(18)19-4-2)11(15)8-12(10)16/h7-8H,3-6H2,1-2H3. The van der Waals surface area contributed by atoms with Gasteiger partial charge in [-0.25, -0.2) is 4.79 Å². The third-order valence-corrected chi connectivity index (χ3v) is 3.53. The number of nitrogens with zero attached hydrogens (tertiary/aromatic N) is 1. The van der Waals surface area contributed by atoms with E-state index in [1.165, 1.54) is 0 Å². The van der Waals surface area contributed by atoms with Crippen LogP contribution in [-0.2, 0) is 4.74 Å². The summed E-state index contributed by atoms with van der Waals surface area (Å²) in [5.74, 6) is -0.446. The minimum absolute atomic E-state index is 0.0434. The van der Waals surface area contributed by atoms with Crippen LogP contribution in [0, 0.1) is 0 Å². The first-order chi connectivity index (χ1) is 9.08. The van der Waals surface area contributed by atoms with E-state index in [9.17, 15) is 9.59 Å². The van der Waals surface area contributed by atoms with Gasteiger partial charge in [0.1, 0.15) is 0 Å². The number of fused-ring (bicyclic) bond motifs is 1. The Balaban J connectivity index is 2.49. The van der Waals surface area contributed by atoms with Crippen molar-refractivity contribution < 1.29 is 14.3 Å². The largest absolute Gasteiger partial charge is 0.462 e. The maximum atomic E-state index is 12.0. The molecule has 102 valence electrons. The topological polar surface area (TPSA) is 46.6 Å². The first kappa shape index (κ1) is 13.9. The Morgan fingerprint density at radius 1 is 1.42 bits per heavy atom. The van der Waals surface area contributed by atoms with Crippen molar-refractivity contribution in [2.45, 2.75) is 20.3 Å². The number of carbonyl (C=O) groups is 2. The van der Waals surface area contributed by atoms with Crippen molar-refractivity contribution in [2.24, 2.45) is 0 Å². The quantitative estimate of drug-likeness (QED) is 0.799. The second-order valence-corrected chi connectivity index (χ2v) is 4.73. The Bertz CT molecular complexity index is 528. The zero-order valence-electron chi connectivity index (χ0n) is 11.0. The number of hydrogen-bond acceptors (Lipinski definition) is 4. The molecule has 1 aliphatic rings. The summed E-state index contributed by atoms with van der Waals surface area (Å²) >= 11 is 6.12. The molecule has 0 amide bonds. The van der Waals surface area contributed by atoms with Crippen molar-refractivity contribution >= 4 is 29.0 Å². The molecule has 0 unspecified atom stereocenters. The zero-order chi connectivity index (χ0) is 14.0. The number of halogens is 1. The lowest BCUT2D eigenvalue weighted by Crippen LogP contribution is -2.32. The third-order valence-electron chi connectivity index (χ3n) is 3.21. The number of ether oxygens (including phenoxy) is 1. The van der Waals surface area contributed by atoms with Gasteiger partial charge in [-0.1, -0.05) is 11.6 Å². The summed E-state index contributed by atoms with van der Waals surface area (Å²) in [6, 6.07) is 3.24. The first-order valence-corrected chi connectivity index (χ1v) is 6.75. The molecule has 0 atom stereocenters. The maximum Gasteiger partial charge on any atom is 0.339 e. The lowest BCUT2D eigenvalue weighted by molar-refractivity contribution is 0.0526. The third kappa shape index (κ3) is 2.59. The van der Waals surface area contributed by atoms with Crippen LogP contribution < -0.4 is 4.90 Å². The Morgan fingerprint density at radius 2 is 2.16 bits per heavy atom. The van der Waals surface area contributed by atoms with Crippen molar-refractivity contribution in [1.29, 1.82) is 0 Å². The fraction of sp³-hybridized carbons (Fsp3) is 0.429. The predicted octanol–water partition coefficient (Wildman–Crippen LogP) is 2.93. The van der Waals surface area contributed by atoms with E-state index in [2.05, 4.69) is 4.90 Å². The summed E-state index contributed by atoms with van der Waals surface area (Å²) in [5, 5.41) is 0.324. The molecule has 4 nitrogen and oxygen atoms in total. The second kappa shape index (κ2) is 5.61. The van der Waals surface area contributed by atoms with Crippen molar-refractivity contribution in [3.8, 4) is 0 Å². The van der Waals surface area contributed by atoms with Gasteiger partial charge in [0, 0.05) is 30.8 Å². The van der Waals surface area contributed by atoms with E-state index in [1.54, 1.807) is 19.1 Å². The lowest BCUT2D eigenvalue weighted by atomic mass is 9.98. The molecule has 0 radical (unpaired) electrons. The molecule has 0 spiro atoms. The molecule has 1 aromatic carbocycles. The van der Waals surface area contributed by atoms with Gasteiger partial charge in [-0.15, -0.1) is 0 Å². The fourth-order valence-corrected chi connectivity index (χ4v) is 2.47. The summed E-state index contributed by atoms with van der Waals surface area (Å²) in [6.45, 7) is 5.52. The molecule has 0 N–H and O–H groups in total. The molecule has 0 bridgehead atoms. The maximum absolute atomic E-state index is 12.0. The lowest BCUT2D eigenvalue weighted by Gasteiger charge is -2.29. The number of benzene rings is 1. The van der Waals surface area contributed by atoms with Crippen LogP contribution >= 0.6 is 11.6 Å². The van der Waals surface area contributed by atoms with Crippen LogP contribution in [0.15, 0.2) is 12.1 Å². The molecule has 1 aromatic rings. The van der Waals surface area contributed by atoms with Crippen LogP contribution in [0.25, 0.3) is 0 Å². The van der Waals surface area contributed by atoms with Gasteiger partial charge in [0.15, 0.2) is 5.78 Å². The van der Waals surface area contributed by atoms with Gasteiger partial charge >= 0.3 is 5.97 Å². The second-order valence-electron chi connectivity index (χ2n) is 4.32. The molecule has 1 heterocycles. The number of rotatable bonds is 3. The van der Waals surface area contributed by atoms with E-state index < -0.39 is 5.97 Å². The van der Waals surface area contributed by atoms with Crippen LogP contribution in [0.4, 0.5) is 5.69 Å². The number of ketones is 1. The Morgan fingerprint density at radius 3 is 2.79 bits per heavy atom. The van der Waals surface area contributed by atoms with E-state index >= 15 is 0 Å². The van der Waals surface area contributed by atoms with Crippen LogP contribution in [0.2, 0.25) is 5.02 Å². The van der Waals surface area contributed by atoms with Gasteiger partial charge in [-0.05, 0) is 26.0 Å². The molecule has 2 rings (SSSR count). The van der Waals surface area contributed by atoms with Crippen LogP contribution in [0.1, 0.15) is 41.0 Å². The Labute approximate surface area is 117 Å². The predicted molar refractivity (Wildman–Crippen MR) is 74.2 cm³/mol. The van der Waals surface area contributed by atoms with Crippen LogP contribution in [0.5, 0.6) is 0 Å². The van der Waals surface area contributed by atoms with Crippen molar-refractivity contribution in [2.75, 3.05) is 24.6 Å². The van der Waals surface area contributed by atoms with Crippen molar-refractivity contribution in [1.82, 2.24) is 0 Å². The minimum atomic E-state index is -0.489. The smallest absolute Gasteiger partial charge is 0.339 e. The van der Waals surface area contributed by atoms with Crippen LogP contribution in [-0.4, -0.2) is 31.4 Å². The van der Waals surface area contributed by atoms with E-state index in [4.69, 9.17) is 16.3 Å². The minimum Gasteiger partial charge on any atom is -0.462 e. The zero-order valence-corrected chi connectivity index (χ0v) is 11.8. The highest BCUT2D eigenvalue weighted by Gasteiger charge is 2.25. The number of Topliss-reactive ketones (excluding diaryl/α,β-unsaturated/α-hetero) is 1. The van der Waals surface area contributed by atoms with E-state index in [0.717, 1.165) is 12.2 Å². The summed E-state index contributed by atoms with van der Waals surface area (Å²) in [7, 11) is 0. The van der Waals surface area contributed by atoms with E-state index in [0.29, 0.717) is 23.6 Å². The highest BCUT2D eigenvalue weighted by molar-refractivity contribution is 6.34. The number of hydrogen-bond donors (Lipinski definition) is 0. The van der Waals surface area contributed by atoms with Gasteiger partial charge in [0.05, 0.1) is 17.2 Å². The summed E-state index contributed by atoms with van der Waals surface area (Å²) in [4.78, 5) is 25.8. The van der Waals surface area contributed by atoms with E-state index in [-0.39, 0.29) is 18.0 Å². The molecule has 0 saturated carbocycles. The van der Waals surface area contributed by atoms with Crippen molar-refractivity contribution in [3.63, 3.8) is 0 Å². The molecule has 0 aromatic heterocycles. The van der Waals surface area contributed by atoms with E-state index in [1.807, 2.05) is 6.92 Å². The highest BCUT2D eigenvalue weighted by Crippen LogP contribution is 2.32. The normalized spacial score (nSPS) is 14.3. The Hall–Kier alpha value is -1.55. The van der Waals surface area contributed by atoms with Crippen LogP contribution in [0.3, 0.4) is 0 Å². The number of anilines is 1. The first-order valence-electron chi connectivity index (χ1n) is 6.37. The summed E-state index contributed by atoms with van der Waals surface area (Å²) < 4.78 is 4.94. The number of esters is 1. The van der Waals surface area contributed by atoms with Gasteiger partial charge in [0.2, 0.25) is 0 Å². The molecule has 0 saturated heterocycles. The molecule has 19 heavy (non-hydrogen) atoms. The fourth-order valence-electron chi connectivity index (χ4n) is 2.23. The Kier molecular flexibility index (Phi) is 4.10. The average molecular weight is 282 g/mol. The summed E-state index contributed by atoms with van der Waals surface area (Å²) in [6.07, 6.45) is 0.463. The SMILES string of the molecule is CCOC(=O)c1cc2c(cc1Cl)N(CC)CCC2=O.